The van der Waals surface area contributed by atoms with Crippen molar-refractivity contribution in [3.8, 4) is 5.75 Å². The second kappa shape index (κ2) is 9.00. The Hall–Kier alpha value is -2.12. The van der Waals surface area contributed by atoms with E-state index in [-0.39, 0.29) is 18.4 Å². The van der Waals surface area contributed by atoms with Gasteiger partial charge in [-0.25, -0.2) is 4.39 Å². The van der Waals surface area contributed by atoms with Crippen LogP contribution < -0.4 is 10.1 Å². The summed E-state index contributed by atoms with van der Waals surface area (Å²) in [6.07, 6.45) is -4.41. The van der Waals surface area contributed by atoms with Gasteiger partial charge in [0.1, 0.15) is 18.2 Å². The first-order valence-corrected chi connectivity index (χ1v) is 8.09. The van der Waals surface area contributed by atoms with Crippen molar-refractivity contribution in [2.75, 3.05) is 13.7 Å². The predicted molar refractivity (Wildman–Crippen MR) is 90.4 cm³/mol. The lowest BCUT2D eigenvalue weighted by molar-refractivity contribution is -0.137. The van der Waals surface area contributed by atoms with Crippen molar-refractivity contribution in [2.24, 2.45) is 0 Å². The summed E-state index contributed by atoms with van der Waals surface area (Å²) in [6, 6.07) is 9.35. The Morgan fingerprint density at radius 2 is 1.88 bits per heavy atom. The third kappa shape index (κ3) is 6.00. The van der Waals surface area contributed by atoms with E-state index in [4.69, 9.17) is 9.47 Å². The quantitative estimate of drug-likeness (QED) is 0.691. The highest BCUT2D eigenvalue weighted by molar-refractivity contribution is 5.30. The predicted octanol–water partition coefficient (Wildman–Crippen LogP) is 4.55. The number of hydrogen-bond donors (Lipinski definition) is 1. The Morgan fingerprint density at radius 3 is 2.54 bits per heavy atom. The van der Waals surface area contributed by atoms with Gasteiger partial charge in [0.25, 0.3) is 0 Å². The van der Waals surface area contributed by atoms with E-state index in [1.165, 1.54) is 18.2 Å². The van der Waals surface area contributed by atoms with Gasteiger partial charge in [-0.1, -0.05) is 18.2 Å². The summed E-state index contributed by atoms with van der Waals surface area (Å²) in [5.41, 5.74) is 0.0927. The van der Waals surface area contributed by atoms with Crippen LogP contribution in [0.15, 0.2) is 42.5 Å². The number of nitrogens with one attached hydrogen (secondary N) is 1. The molecule has 0 radical (unpaired) electrons. The first kappa shape index (κ1) is 20.2. The summed E-state index contributed by atoms with van der Waals surface area (Å²) in [7, 11) is 1.59. The Kier molecular flexibility index (Phi) is 6.99. The Bertz CT molecular complexity index is 719. The molecule has 1 atom stereocenters. The standard InChI is InChI=1S/C19H21F4NO2/c1-13(11-25-2)24-10-15-6-7-17(9-18(15)20)26-12-14-4-3-5-16(8-14)19(21,22)23/h3-9,13,24H,10-12H2,1-2H3. The number of halogens is 4. The van der Waals surface area contributed by atoms with Crippen LogP contribution >= 0.6 is 0 Å². The number of ether oxygens (including phenoxy) is 2. The Balaban J connectivity index is 1.95. The van der Waals surface area contributed by atoms with Gasteiger partial charge in [0, 0.05) is 31.3 Å². The van der Waals surface area contributed by atoms with E-state index in [0.29, 0.717) is 24.3 Å². The van der Waals surface area contributed by atoms with E-state index >= 15 is 0 Å². The molecule has 0 spiro atoms. The molecule has 0 aromatic heterocycles. The van der Waals surface area contributed by atoms with E-state index in [1.807, 2.05) is 6.92 Å². The van der Waals surface area contributed by atoms with Crippen LogP contribution in [-0.2, 0) is 24.1 Å². The van der Waals surface area contributed by atoms with Crippen LogP contribution in [-0.4, -0.2) is 19.8 Å². The van der Waals surface area contributed by atoms with Crippen molar-refractivity contribution in [1.29, 1.82) is 0 Å². The van der Waals surface area contributed by atoms with E-state index in [9.17, 15) is 17.6 Å². The highest BCUT2D eigenvalue weighted by Crippen LogP contribution is 2.29. The van der Waals surface area contributed by atoms with Crippen LogP contribution in [0.4, 0.5) is 17.6 Å². The van der Waals surface area contributed by atoms with Gasteiger partial charge in [0.2, 0.25) is 0 Å². The van der Waals surface area contributed by atoms with Gasteiger partial charge in [-0.15, -0.1) is 0 Å². The second-order valence-corrected chi connectivity index (χ2v) is 5.98. The lowest BCUT2D eigenvalue weighted by Crippen LogP contribution is -2.29. The van der Waals surface area contributed by atoms with Crippen LogP contribution in [0.2, 0.25) is 0 Å². The first-order valence-electron chi connectivity index (χ1n) is 8.09. The van der Waals surface area contributed by atoms with Crippen LogP contribution in [0.25, 0.3) is 0 Å². The zero-order valence-electron chi connectivity index (χ0n) is 14.6. The smallest absolute Gasteiger partial charge is 0.416 e. The van der Waals surface area contributed by atoms with Crippen molar-refractivity contribution in [3.05, 3.63) is 65.0 Å². The van der Waals surface area contributed by atoms with Crippen LogP contribution in [0.3, 0.4) is 0 Å². The highest BCUT2D eigenvalue weighted by Gasteiger charge is 2.30. The fourth-order valence-electron chi connectivity index (χ4n) is 2.36. The minimum atomic E-state index is -4.41. The molecule has 0 amide bonds. The summed E-state index contributed by atoms with van der Waals surface area (Å²) in [4.78, 5) is 0. The first-order chi connectivity index (χ1) is 12.3. The zero-order valence-corrected chi connectivity index (χ0v) is 14.6. The summed E-state index contributed by atoms with van der Waals surface area (Å²) in [6.45, 7) is 2.70. The maximum Gasteiger partial charge on any atom is 0.416 e. The molecule has 0 aliphatic rings. The van der Waals surface area contributed by atoms with Crippen molar-refractivity contribution >= 4 is 0 Å². The van der Waals surface area contributed by atoms with Gasteiger partial charge in [0.05, 0.1) is 12.2 Å². The van der Waals surface area contributed by atoms with E-state index in [2.05, 4.69) is 5.32 Å². The molecular formula is C19H21F4NO2. The minimum absolute atomic E-state index is 0.0776. The van der Waals surface area contributed by atoms with E-state index in [1.54, 1.807) is 19.2 Å². The van der Waals surface area contributed by atoms with Gasteiger partial charge in [-0.05, 0) is 30.7 Å². The molecule has 0 bridgehead atoms. The average Bonchev–Trinajstić information content (AvgIpc) is 2.59. The Morgan fingerprint density at radius 1 is 1.12 bits per heavy atom. The Labute approximate surface area is 149 Å². The van der Waals surface area contributed by atoms with Crippen molar-refractivity contribution in [3.63, 3.8) is 0 Å². The zero-order chi connectivity index (χ0) is 19.2. The topological polar surface area (TPSA) is 30.5 Å². The SMILES string of the molecule is COCC(C)NCc1ccc(OCc2cccc(C(F)(F)F)c2)cc1F. The maximum atomic E-state index is 14.1. The van der Waals surface area contributed by atoms with Crippen LogP contribution in [0, 0.1) is 5.82 Å². The molecule has 0 fully saturated rings. The molecule has 0 aliphatic heterocycles. The molecule has 0 heterocycles. The normalized spacial score (nSPS) is 12.8. The molecule has 0 saturated carbocycles. The molecular weight excluding hydrogens is 350 g/mol. The molecule has 3 nitrogen and oxygen atoms in total. The van der Waals surface area contributed by atoms with Gasteiger partial charge in [-0.3, -0.25) is 0 Å². The fourth-order valence-corrected chi connectivity index (χ4v) is 2.36. The van der Waals surface area contributed by atoms with E-state index in [0.717, 1.165) is 12.1 Å². The third-order valence-corrected chi connectivity index (χ3v) is 3.74. The third-order valence-electron chi connectivity index (χ3n) is 3.74. The van der Waals surface area contributed by atoms with Crippen molar-refractivity contribution < 1.29 is 27.0 Å². The number of rotatable bonds is 8. The maximum absolute atomic E-state index is 14.1. The monoisotopic (exact) mass is 371 g/mol. The molecule has 1 unspecified atom stereocenters. The molecule has 7 heteroatoms. The highest BCUT2D eigenvalue weighted by atomic mass is 19.4. The molecule has 2 rings (SSSR count). The van der Waals surface area contributed by atoms with Gasteiger partial charge < -0.3 is 14.8 Å². The number of alkyl halides is 3. The van der Waals surface area contributed by atoms with Crippen molar-refractivity contribution in [2.45, 2.75) is 32.3 Å². The summed E-state index contributed by atoms with van der Waals surface area (Å²) >= 11 is 0. The molecule has 142 valence electrons. The number of hydrogen-bond acceptors (Lipinski definition) is 3. The largest absolute Gasteiger partial charge is 0.489 e. The molecule has 0 saturated heterocycles. The fraction of sp³-hybridized carbons (Fsp3) is 0.368. The lowest BCUT2D eigenvalue weighted by atomic mass is 10.1. The molecule has 1 N–H and O–H groups in total. The summed E-state index contributed by atoms with van der Waals surface area (Å²) in [5, 5.41) is 3.13. The van der Waals surface area contributed by atoms with Crippen LogP contribution in [0.1, 0.15) is 23.6 Å². The van der Waals surface area contributed by atoms with Crippen LogP contribution in [0.5, 0.6) is 5.75 Å². The summed E-state index contributed by atoms with van der Waals surface area (Å²) in [5.74, 6) is -0.183. The number of benzene rings is 2. The van der Waals surface area contributed by atoms with Gasteiger partial charge in [0.15, 0.2) is 0 Å². The molecule has 26 heavy (non-hydrogen) atoms. The van der Waals surface area contributed by atoms with E-state index < -0.39 is 17.6 Å². The van der Waals surface area contributed by atoms with Gasteiger partial charge >= 0.3 is 6.18 Å². The molecule has 2 aromatic rings. The summed E-state index contributed by atoms with van der Waals surface area (Å²) < 4.78 is 62.6. The minimum Gasteiger partial charge on any atom is -0.489 e. The average molecular weight is 371 g/mol. The second-order valence-electron chi connectivity index (χ2n) is 5.98. The number of methoxy groups -OCH3 is 1. The van der Waals surface area contributed by atoms with Gasteiger partial charge in [-0.2, -0.15) is 13.2 Å². The van der Waals surface area contributed by atoms with Crippen molar-refractivity contribution in [1.82, 2.24) is 5.32 Å². The molecule has 0 aliphatic carbocycles. The lowest BCUT2D eigenvalue weighted by Gasteiger charge is -2.14. The molecule has 2 aromatic carbocycles.